The average Bonchev–Trinajstić information content (AvgIpc) is 3.06. The van der Waals surface area contributed by atoms with Gasteiger partial charge in [-0.15, -0.1) is 0 Å². The number of ether oxygens (including phenoxy) is 2. The number of rotatable bonds is 8. The molecule has 3 heterocycles. The quantitative estimate of drug-likeness (QED) is 0.481. The zero-order valence-electron chi connectivity index (χ0n) is 17.5. The molecule has 0 saturated carbocycles. The molecule has 0 aromatic carbocycles. The molecule has 1 aliphatic rings. The largest absolute Gasteiger partial charge is 0.488 e. The van der Waals surface area contributed by atoms with Gasteiger partial charge in [0.05, 0.1) is 37.2 Å². The van der Waals surface area contributed by atoms with E-state index in [1.165, 1.54) is 0 Å². The topological polar surface area (TPSA) is 64.6 Å². The molecule has 0 fully saturated rings. The lowest BCUT2D eigenvalue weighted by atomic mass is 10.0. The molecule has 0 saturated heterocycles. The molecule has 1 amide bonds. The number of hydrogen-bond acceptors (Lipinski definition) is 5. The van der Waals surface area contributed by atoms with E-state index < -0.39 is 0 Å². The van der Waals surface area contributed by atoms with Gasteiger partial charge >= 0.3 is 0 Å². The Morgan fingerprint density at radius 3 is 2.83 bits per heavy atom. The highest BCUT2D eigenvalue weighted by Gasteiger charge is 2.32. The number of pyridine rings is 2. The summed E-state index contributed by atoms with van der Waals surface area (Å²) in [4.78, 5) is 23.7. The lowest BCUT2D eigenvalue weighted by molar-refractivity contribution is 0.0830. The minimum absolute atomic E-state index is 0.0407. The number of aromatic nitrogens is 2. The first-order valence-electron chi connectivity index (χ1n) is 9.82. The molecule has 152 valence electrons. The van der Waals surface area contributed by atoms with Crippen LogP contribution in [0.5, 0.6) is 11.6 Å². The maximum Gasteiger partial charge on any atom is 0.260 e. The summed E-state index contributed by atoms with van der Waals surface area (Å²) in [6.45, 7) is 10.8. The first-order chi connectivity index (χ1) is 14.0. The first-order valence-corrected chi connectivity index (χ1v) is 9.82. The number of carbonyl (C=O) groups excluding carboxylic acids is 1. The van der Waals surface area contributed by atoms with Crippen molar-refractivity contribution in [3.8, 4) is 22.9 Å². The van der Waals surface area contributed by atoms with Crippen molar-refractivity contribution in [2.75, 3.05) is 13.7 Å². The summed E-state index contributed by atoms with van der Waals surface area (Å²) in [6, 6.07) is 3.81. The highest BCUT2D eigenvalue weighted by molar-refractivity contribution is 6.00. The van der Waals surface area contributed by atoms with Crippen molar-refractivity contribution in [3.05, 3.63) is 59.6 Å². The van der Waals surface area contributed by atoms with Gasteiger partial charge in [0.1, 0.15) is 0 Å². The Morgan fingerprint density at radius 2 is 2.17 bits per heavy atom. The fraction of sp³-hybridized carbons (Fsp3) is 0.348. The number of methoxy groups -OCH3 is 1. The third kappa shape index (κ3) is 4.01. The van der Waals surface area contributed by atoms with E-state index in [-0.39, 0.29) is 5.91 Å². The third-order valence-electron chi connectivity index (χ3n) is 4.94. The van der Waals surface area contributed by atoms with E-state index >= 15 is 0 Å². The molecule has 2 aromatic rings. The second-order valence-corrected chi connectivity index (χ2v) is 6.89. The van der Waals surface area contributed by atoms with Gasteiger partial charge in [0.2, 0.25) is 0 Å². The Labute approximate surface area is 171 Å². The monoisotopic (exact) mass is 393 g/mol. The molecular weight excluding hydrogens is 366 g/mol. The number of aryl methyl sites for hydroxylation is 1. The van der Waals surface area contributed by atoms with E-state index in [4.69, 9.17) is 14.5 Å². The SMILES string of the molecule is C=C/C(=C\C)N1Cc2nc(-c3cnc(OC)c(OCCCC)c3)cc(C)c2C1=O. The Balaban J connectivity index is 1.97. The minimum Gasteiger partial charge on any atom is -0.488 e. The van der Waals surface area contributed by atoms with Gasteiger partial charge in [0.15, 0.2) is 5.75 Å². The molecule has 0 bridgehead atoms. The van der Waals surface area contributed by atoms with Crippen LogP contribution in [-0.4, -0.2) is 34.5 Å². The van der Waals surface area contributed by atoms with Crippen LogP contribution in [0.15, 0.2) is 42.8 Å². The van der Waals surface area contributed by atoms with Gasteiger partial charge < -0.3 is 14.4 Å². The second-order valence-electron chi connectivity index (χ2n) is 6.89. The molecule has 2 aromatic heterocycles. The molecule has 0 spiro atoms. The number of carbonyl (C=O) groups is 1. The molecule has 0 unspecified atom stereocenters. The Morgan fingerprint density at radius 1 is 1.38 bits per heavy atom. The van der Waals surface area contributed by atoms with Crippen LogP contribution in [0.4, 0.5) is 0 Å². The van der Waals surface area contributed by atoms with E-state index in [0.29, 0.717) is 30.3 Å². The van der Waals surface area contributed by atoms with E-state index in [2.05, 4.69) is 18.5 Å². The number of nitrogens with zero attached hydrogens (tertiary/aromatic N) is 3. The van der Waals surface area contributed by atoms with Crippen molar-refractivity contribution in [1.82, 2.24) is 14.9 Å². The summed E-state index contributed by atoms with van der Waals surface area (Å²) in [5, 5.41) is 0. The Kier molecular flexibility index (Phi) is 6.32. The van der Waals surface area contributed by atoms with Gasteiger partial charge in [-0.1, -0.05) is 26.0 Å². The van der Waals surface area contributed by atoms with Crippen LogP contribution in [0.1, 0.15) is 48.3 Å². The molecule has 6 nitrogen and oxygen atoms in total. The maximum absolute atomic E-state index is 12.9. The molecule has 29 heavy (non-hydrogen) atoms. The number of fused-ring (bicyclic) bond motifs is 1. The number of amides is 1. The molecule has 0 radical (unpaired) electrons. The highest BCUT2D eigenvalue weighted by Crippen LogP contribution is 2.33. The van der Waals surface area contributed by atoms with Crippen molar-refractivity contribution in [2.24, 2.45) is 0 Å². The smallest absolute Gasteiger partial charge is 0.260 e. The van der Waals surface area contributed by atoms with Crippen molar-refractivity contribution in [1.29, 1.82) is 0 Å². The zero-order chi connectivity index (χ0) is 21.0. The van der Waals surface area contributed by atoms with Crippen LogP contribution >= 0.6 is 0 Å². The summed E-state index contributed by atoms with van der Waals surface area (Å²) < 4.78 is 11.2. The standard InChI is InChI=1S/C23H27N3O3/c1-6-9-10-29-20-12-16(13-24-22(20)28-5)18-11-15(4)21-19(25-18)14-26(23(21)27)17(7-2)8-3/h7-8,11-13H,2,6,9-10,14H2,1,3-5H3/b17-8+. The van der Waals surface area contributed by atoms with Crippen LogP contribution in [0, 0.1) is 6.92 Å². The highest BCUT2D eigenvalue weighted by atomic mass is 16.5. The second kappa shape index (κ2) is 8.90. The molecule has 3 rings (SSSR count). The van der Waals surface area contributed by atoms with Gasteiger partial charge in [-0.05, 0) is 44.0 Å². The summed E-state index contributed by atoms with van der Waals surface area (Å²) >= 11 is 0. The van der Waals surface area contributed by atoms with Gasteiger partial charge in [-0.3, -0.25) is 9.78 Å². The maximum atomic E-state index is 12.9. The van der Waals surface area contributed by atoms with E-state index in [1.54, 1.807) is 24.3 Å². The van der Waals surface area contributed by atoms with Gasteiger partial charge in [0.25, 0.3) is 11.8 Å². The van der Waals surface area contributed by atoms with Crippen LogP contribution in [0.3, 0.4) is 0 Å². The number of hydrogen-bond donors (Lipinski definition) is 0. The van der Waals surface area contributed by atoms with Crippen LogP contribution < -0.4 is 9.47 Å². The molecule has 0 atom stereocenters. The molecule has 0 aliphatic carbocycles. The number of unbranched alkanes of at least 4 members (excludes halogenated alkanes) is 1. The van der Waals surface area contributed by atoms with E-state index in [0.717, 1.165) is 41.1 Å². The Hall–Kier alpha value is -3.15. The lowest BCUT2D eigenvalue weighted by Crippen LogP contribution is -2.22. The summed E-state index contributed by atoms with van der Waals surface area (Å²) in [5.41, 5.74) is 4.68. The third-order valence-corrected chi connectivity index (χ3v) is 4.94. The molecule has 0 N–H and O–H groups in total. The normalized spacial score (nSPS) is 13.4. The fourth-order valence-electron chi connectivity index (χ4n) is 3.40. The average molecular weight is 393 g/mol. The van der Waals surface area contributed by atoms with E-state index in [9.17, 15) is 4.79 Å². The summed E-state index contributed by atoms with van der Waals surface area (Å²) in [6.07, 6.45) is 7.28. The molecule has 6 heteroatoms. The van der Waals surface area contributed by atoms with Crippen LogP contribution in [0.2, 0.25) is 0 Å². The van der Waals surface area contributed by atoms with Crippen LogP contribution in [-0.2, 0) is 6.54 Å². The van der Waals surface area contributed by atoms with E-state index in [1.807, 2.05) is 32.1 Å². The van der Waals surface area contributed by atoms with Gasteiger partial charge in [0, 0.05) is 17.5 Å². The zero-order valence-corrected chi connectivity index (χ0v) is 17.5. The van der Waals surface area contributed by atoms with Gasteiger partial charge in [-0.2, -0.15) is 0 Å². The number of allylic oxidation sites excluding steroid dienone is 2. The summed E-state index contributed by atoms with van der Waals surface area (Å²) in [7, 11) is 1.57. The van der Waals surface area contributed by atoms with Crippen molar-refractivity contribution >= 4 is 5.91 Å². The van der Waals surface area contributed by atoms with Gasteiger partial charge in [-0.25, -0.2) is 4.98 Å². The fourth-order valence-corrected chi connectivity index (χ4v) is 3.40. The van der Waals surface area contributed by atoms with Crippen molar-refractivity contribution in [2.45, 2.75) is 40.2 Å². The van der Waals surface area contributed by atoms with Crippen molar-refractivity contribution < 1.29 is 14.3 Å². The van der Waals surface area contributed by atoms with Crippen LogP contribution in [0.25, 0.3) is 11.3 Å². The molecule has 1 aliphatic heterocycles. The lowest BCUT2D eigenvalue weighted by Gasteiger charge is -2.15. The molecular formula is C23H27N3O3. The summed E-state index contributed by atoms with van der Waals surface area (Å²) in [5.74, 6) is 1.01. The minimum atomic E-state index is -0.0407. The van der Waals surface area contributed by atoms with Crippen molar-refractivity contribution in [3.63, 3.8) is 0 Å². The Bertz CT molecular complexity index is 966. The first kappa shape index (κ1) is 20.6. The predicted molar refractivity (Wildman–Crippen MR) is 113 cm³/mol. The predicted octanol–water partition coefficient (Wildman–Crippen LogP) is 4.69.